The predicted octanol–water partition coefficient (Wildman–Crippen LogP) is 3.31. The molecule has 1 unspecified atom stereocenters. The van der Waals surface area contributed by atoms with Gasteiger partial charge in [0.15, 0.2) is 0 Å². The molecule has 2 rings (SSSR count). The molecular formula is C12H12FNOS. The van der Waals surface area contributed by atoms with Gasteiger partial charge in [-0.25, -0.2) is 9.37 Å². The third-order valence-corrected chi connectivity index (χ3v) is 3.56. The Morgan fingerprint density at radius 1 is 1.44 bits per heavy atom. The van der Waals surface area contributed by atoms with E-state index in [0.717, 1.165) is 21.0 Å². The number of aryl methyl sites for hydroxylation is 1. The highest BCUT2D eigenvalue weighted by atomic mass is 32.1. The highest BCUT2D eigenvalue weighted by Gasteiger charge is 2.10. The molecule has 0 saturated heterocycles. The van der Waals surface area contributed by atoms with E-state index < -0.39 is 6.10 Å². The van der Waals surface area contributed by atoms with Crippen LogP contribution in [0.5, 0.6) is 0 Å². The quantitative estimate of drug-likeness (QED) is 0.869. The van der Waals surface area contributed by atoms with Gasteiger partial charge in [-0.1, -0.05) is 0 Å². The van der Waals surface area contributed by atoms with Gasteiger partial charge in [-0.2, -0.15) is 0 Å². The van der Waals surface area contributed by atoms with Crippen LogP contribution in [0.3, 0.4) is 0 Å². The van der Waals surface area contributed by atoms with Crippen LogP contribution in [0.15, 0.2) is 24.4 Å². The molecule has 0 radical (unpaired) electrons. The third kappa shape index (κ3) is 2.13. The van der Waals surface area contributed by atoms with Crippen LogP contribution in [0.4, 0.5) is 4.39 Å². The van der Waals surface area contributed by atoms with Crippen LogP contribution in [0.1, 0.15) is 23.5 Å². The maximum Gasteiger partial charge on any atom is 0.123 e. The lowest BCUT2D eigenvalue weighted by Gasteiger charge is -2.01. The first-order valence-electron chi connectivity index (χ1n) is 4.98. The van der Waals surface area contributed by atoms with Crippen LogP contribution >= 0.6 is 11.3 Å². The second kappa shape index (κ2) is 4.31. The topological polar surface area (TPSA) is 33.1 Å². The number of hydrogen-bond acceptors (Lipinski definition) is 3. The zero-order valence-electron chi connectivity index (χ0n) is 9.07. The molecule has 0 aliphatic heterocycles. The van der Waals surface area contributed by atoms with Gasteiger partial charge < -0.3 is 5.11 Å². The SMILES string of the molecule is Cc1cc(F)ccc1-c1ncc(C(C)O)s1. The molecular weight excluding hydrogens is 225 g/mol. The van der Waals surface area contributed by atoms with Crippen molar-refractivity contribution < 1.29 is 9.50 Å². The number of benzene rings is 1. The molecule has 0 amide bonds. The van der Waals surface area contributed by atoms with Gasteiger partial charge >= 0.3 is 0 Å². The molecule has 1 N–H and O–H groups in total. The average molecular weight is 237 g/mol. The summed E-state index contributed by atoms with van der Waals surface area (Å²) in [5.41, 5.74) is 1.77. The van der Waals surface area contributed by atoms with E-state index in [4.69, 9.17) is 0 Å². The molecule has 1 aromatic heterocycles. The van der Waals surface area contributed by atoms with Crippen molar-refractivity contribution >= 4 is 11.3 Å². The van der Waals surface area contributed by atoms with Gasteiger partial charge in [0, 0.05) is 11.8 Å². The van der Waals surface area contributed by atoms with Crippen molar-refractivity contribution in [2.45, 2.75) is 20.0 Å². The summed E-state index contributed by atoms with van der Waals surface area (Å²) in [6, 6.07) is 4.62. The predicted molar refractivity (Wildman–Crippen MR) is 62.9 cm³/mol. The molecule has 4 heteroatoms. The van der Waals surface area contributed by atoms with Crippen LogP contribution in [0, 0.1) is 12.7 Å². The molecule has 1 aromatic carbocycles. The fourth-order valence-electron chi connectivity index (χ4n) is 1.47. The summed E-state index contributed by atoms with van der Waals surface area (Å²) in [5, 5.41) is 10.2. The lowest BCUT2D eigenvalue weighted by atomic mass is 10.1. The summed E-state index contributed by atoms with van der Waals surface area (Å²) >= 11 is 1.43. The first-order chi connectivity index (χ1) is 7.58. The fourth-order valence-corrected chi connectivity index (χ4v) is 2.41. The maximum atomic E-state index is 12.9. The number of aliphatic hydroxyl groups is 1. The number of thiazole rings is 1. The number of halogens is 1. The van der Waals surface area contributed by atoms with Gasteiger partial charge in [0.2, 0.25) is 0 Å². The second-order valence-electron chi connectivity index (χ2n) is 3.70. The molecule has 0 bridgehead atoms. The smallest absolute Gasteiger partial charge is 0.123 e. The zero-order chi connectivity index (χ0) is 11.7. The monoisotopic (exact) mass is 237 g/mol. The fraction of sp³-hybridized carbons (Fsp3) is 0.250. The number of hydrogen-bond donors (Lipinski definition) is 1. The van der Waals surface area contributed by atoms with E-state index >= 15 is 0 Å². The Hall–Kier alpha value is -1.26. The van der Waals surface area contributed by atoms with Crippen molar-refractivity contribution in [3.8, 4) is 10.6 Å². The summed E-state index contributed by atoms with van der Waals surface area (Å²) in [7, 11) is 0. The molecule has 1 heterocycles. The third-order valence-electron chi connectivity index (χ3n) is 2.35. The molecule has 16 heavy (non-hydrogen) atoms. The maximum absolute atomic E-state index is 12.9. The lowest BCUT2D eigenvalue weighted by molar-refractivity contribution is 0.203. The van der Waals surface area contributed by atoms with Gasteiger partial charge in [0.05, 0.1) is 11.0 Å². The minimum atomic E-state index is -0.507. The second-order valence-corrected chi connectivity index (χ2v) is 4.77. The number of aromatic nitrogens is 1. The Morgan fingerprint density at radius 3 is 2.75 bits per heavy atom. The first-order valence-corrected chi connectivity index (χ1v) is 5.80. The van der Waals surface area contributed by atoms with Crippen LogP contribution in [0.25, 0.3) is 10.6 Å². The number of aliphatic hydroxyl groups excluding tert-OH is 1. The Kier molecular flexibility index (Phi) is 3.03. The highest BCUT2D eigenvalue weighted by Crippen LogP contribution is 2.30. The molecule has 0 saturated carbocycles. The summed E-state index contributed by atoms with van der Waals surface area (Å²) < 4.78 is 12.9. The zero-order valence-corrected chi connectivity index (χ0v) is 9.88. The lowest BCUT2D eigenvalue weighted by Crippen LogP contribution is -1.84. The van der Waals surface area contributed by atoms with Crippen LogP contribution in [0.2, 0.25) is 0 Å². The molecule has 84 valence electrons. The van der Waals surface area contributed by atoms with E-state index in [2.05, 4.69) is 4.98 Å². The summed E-state index contributed by atoms with van der Waals surface area (Å²) in [5.74, 6) is -0.242. The van der Waals surface area contributed by atoms with E-state index in [1.807, 2.05) is 6.92 Å². The number of rotatable bonds is 2. The van der Waals surface area contributed by atoms with Crippen molar-refractivity contribution in [3.05, 3.63) is 40.7 Å². The Morgan fingerprint density at radius 2 is 2.19 bits per heavy atom. The largest absolute Gasteiger partial charge is 0.388 e. The van der Waals surface area contributed by atoms with Gasteiger partial charge in [-0.15, -0.1) is 11.3 Å². The van der Waals surface area contributed by atoms with Gasteiger partial charge in [-0.3, -0.25) is 0 Å². The molecule has 1 atom stereocenters. The van der Waals surface area contributed by atoms with Crippen molar-refractivity contribution in [2.75, 3.05) is 0 Å². The normalized spacial score (nSPS) is 12.8. The Balaban J connectivity index is 2.42. The minimum absolute atomic E-state index is 0.242. The van der Waals surface area contributed by atoms with Crippen molar-refractivity contribution in [2.24, 2.45) is 0 Å². The molecule has 0 aliphatic carbocycles. The van der Waals surface area contributed by atoms with E-state index in [-0.39, 0.29) is 5.82 Å². The van der Waals surface area contributed by atoms with Crippen LogP contribution in [-0.4, -0.2) is 10.1 Å². The van der Waals surface area contributed by atoms with E-state index in [9.17, 15) is 9.50 Å². The van der Waals surface area contributed by atoms with Crippen molar-refractivity contribution in [1.29, 1.82) is 0 Å². The Bertz CT molecular complexity index is 507. The van der Waals surface area contributed by atoms with Crippen molar-refractivity contribution in [3.63, 3.8) is 0 Å². The Labute approximate surface area is 97.4 Å². The molecule has 0 aliphatic rings. The van der Waals surface area contributed by atoms with Crippen LogP contribution < -0.4 is 0 Å². The van der Waals surface area contributed by atoms with Crippen LogP contribution in [-0.2, 0) is 0 Å². The molecule has 0 spiro atoms. The van der Waals surface area contributed by atoms with Crippen molar-refractivity contribution in [1.82, 2.24) is 4.98 Å². The average Bonchev–Trinajstić information content (AvgIpc) is 2.66. The molecule has 2 aromatic rings. The van der Waals surface area contributed by atoms with Gasteiger partial charge in [0.25, 0.3) is 0 Å². The first kappa shape index (κ1) is 11.2. The highest BCUT2D eigenvalue weighted by molar-refractivity contribution is 7.15. The number of nitrogens with zero attached hydrogens (tertiary/aromatic N) is 1. The minimum Gasteiger partial charge on any atom is -0.388 e. The van der Waals surface area contributed by atoms with E-state index in [0.29, 0.717) is 0 Å². The van der Waals surface area contributed by atoms with Gasteiger partial charge in [0.1, 0.15) is 10.8 Å². The molecule has 2 nitrogen and oxygen atoms in total. The van der Waals surface area contributed by atoms with E-state index in [1.165, 1.54) is 23.5 Å². The summed E-state index contributed by atoms with van der Waals surface area (Å²) in [6.45, 7) is 3.55. The summed E-state index contributed by atoms with van der Waals surface area (Å²) in [6.07, 6.45) is 1.15. The van der Waals surface area contributed by atoms with Gasteiger partial charge in [-0.05, 0) is 37.6 Å². The molecule has 0 fully saturated rings. The van der Waals surface area contributed by atoms with E-state index in [1.54, 1.807) is 19.2 Å². The standard InChI is InChI=1S/C12H12FNOS/c1-7-5-9(13)3-4-10(7)12-14-6-11(16-12)8(2)15/h3-6,8,15H,1-2H3. The summed E-state index contributed by atoms with van der Waals surface area (Å²) in [4.78, 5) is 5.05.